The molecule has 0 bridgehead atoms. The van der Waals surface area contributed by atoms with Gasteiger partial charge in [-0.3, -0.25) is 4.79 Å². The molecule has 4 nitrogen and oxygen atoms in total. The van der Waals surface area contributed by atoms with E-state index in [4.69, 9.17) is 10.00 Å². The van der Waals surface area contributed by atoms with E-state index in [-0.39, 0.29) is 19.1 Å². The summed E-state index contributed by atoms with van der Waals surface area (Å²) in [5.74, 6) is -0.0480. The van der Waals surface area contributed by atoms with Crippen molar-refractivity contribution in [3.8, 4) is 6.07 Å². The maximum atomic E-state index is 12.2. The summed E-state index contributed by atoms with van der Waals surface area (Å²) in [5, 5.41) is 9.08. The van der Waals surface area contributed by atoms with Crippen LogP contribution in [-0.2, 0) is 9.53 Å². The molecule has 0 N–H and O–H groups in total. The topological polar surface area (TPSA) is 53.3 Å². The van der Waals surface area contributed by atoms with Crippen molar-refractivity contribution in [1.82, 2.24) is 4.90 Å². The highest BCUT2D eigenvalue weighted by atomic mass is 16.5. The Labute approximate surface area is 96.2 Å². The first-order valence-corrected chi connectivity index (χ1v) is 5.96. The van der Waals surface area contributed by atoms with Gasteiger partial charge in [0.25, 0.3) is 0 Å². The molecule has 1 aliphatic carbocycles. The van der Waals surface area contributed by atoms with E-state index in [2.05, 4.69) is 6.07 Å². The summed E-state index contributed by atoms with van der Waals surface area (Å²) in [6.07, 6.45) is 5.80. The lowest BCUT2D eigenvalue weighted by molar-refractivity contribution is -0.162. The third-order valence-corrected chi connectivity index (χ3v) is 3.76. The SMILES string of the molecule is CN(C(=O)C1(C#N)COC1)C1CCCCC1. The summed E-state index contributed by atoms with van der Waals surface area (Å²) in [7, 11) is 1.83. The minimum atomic E-state index is -0.883. The molecule has 2 rings (SSSR count). The van der Waals surface area contributed by atoms with Gasteiger partial charge in [0.2, 0.25) is 5.91 Å². The second-order valence-corrected chi connectivity index (χ2v) is 4.89. The van der Waals surface area contributed by atoms with Crippen molar-refractivity contribution in [2.75, 3.05) is 20.3 Å². The van der Waals surface area contributed by atoms with Gasteiger partial charge in [0.05, 0.1) is 19.3 Å². The van der Waals surface area contributed by atoms with Gasteiger partial charge in [-0.25, -0.2) is 0 Å². The van der Waals surface area contributed by atoms with E-state index < -0.39 is 5.41 Å². The maximum absolute atomic E-state index is 12.2. The monoisotopic (exact) mass is 222 g/mol. The van der Waals surface area contributed by atoms with E-state index in [9.17, 15) is 4.79 Å². The van der Waals surface area contributed by atoms with Crippen LogP contribution in [-0.4, -0.2) is 37.1 Å². The van der Waals surface area contributed by atoms with Crippen molar-refractivity contribution in [3.05, 3.63) is 0 Å². The van der Waals surface area contributed by atoms with E-state index in [1.807, 2.05) is 7.05 Å². The first-order chi connectivity index (χ1) is 7.69. The zero-order chi connectivity index (χ0) is 11.6. The Morgan fingerprint density at radius 3 is 2.44 bits per heavy atom. The van der Waals surface area contributed by atoms with Crippen molar-refractivity contribution in [2.24, 2.45) is 5.41 Å². The molecule has 0 spiro atoms. The van der Waals surface area contributed by atoms with Crippen LogP contribution in [0.1, 0.15) is 32.1 Å². The van der Waals surface area contributed by atoms with Crippen LogP contribution >= 0.6 is 0 Å². The Morgan fingerprint density at radius 1 is 1.38 bits per heavy atom. The Morgan fingerprint density at radius 2 is 2.00 bits per heavy atom. The second kappa shape index (κ2) is 4.42. The highest BCUT2D eigenvalue weighted by molar-refractivity contribution is 5.86. The number of nitrogens with zero attached hydrogens (tertiary/aromatic N) is 2. The van der Waals surface area contributed by atoms with Crippen LogP contribution in [0.4, 0.5) is 0 Å². The molecule has 4 heteroatoms. The minimum absolute atomic E-state index is 0.0480. The molecule has 16 heavy (non-hydrogen) atoms. The first-order valence-electron chi connectivity index (χ1n) is 5.96. The summed E-state index contributed by atoms with van der Waals surface area (Å²) >= 11 is 0. The van der Waals surface area contributed by atoms with Gasteiger partial charge in [0, 0.05) is 13.1 Å². The molecule has 0 aromatic carbocycles. The van der Waals surface area contributed by atoms with E-state index in [0.717, 1.165) is 12.8 Å². The molecule has 88 valence electrons. The van der Waals surface area contributed by atoms with Gasteiger partial charge in [0.15, 0.2) is 5.41 Å². The first kappa shape index (κ1) is 11.4. The highest BCUT2D eigenvalue weighted by Crippen LogP contribution is 2.31. The molecular formula is C12H18N2O2. The molecule has 1 heterocycles. The highest BCUT2D eigenvalue weighted by Gasteiger charge is 2.49. The van der Waals surface area contributed by atoms with E-state index >= 15 is 0 Å². The Balaban J connectivity index is 2.01. The molecule has 0 radical (unpaired) electrons. The number of hydrogen-bond donors (Lipinski definition) is 0. The van der Waals surface area contributed by atoms with Crippen LogP contribution in [0.2, 0.25) is 0 Å². The normalized spacial score (nSPS) is 24.2. The number of carbonyl (C=O) groups is 1. The molecule has 1 saturated carbocycles. The van der Waals surface area contributed by atoms with Crippen molar-refractivity contribution in [2.45, 2.75) is 38.1 Å². The third kappa shape index (κ3) is 1.80. The van der Waals surface area contributed by atoms with E-state index in [0.29, 0.717) is 6.04 Å². The third-order valence-electron chi connectivity index (χ3n) is 3.76. The zero-order valence-corrected chi connectivity index (χ0v) is 9.74. The lowest BCUT2D eigenvalue weighted by Gasteiger charge is -2.40. The number of carbonyl (C=O) groups excluding carboxylic acids is 1. The summed E-state index contributed by atoms with van der Waals surface area (Å²) < 4.78 is 5.02. The van der Waals surface area contributed by atoms with Crippen molar-refractivity contribution >= 4 is 5.91 Å². The summed E-state index contributed by atoms with van der Waals surface area (Å²) in [6.45, 7) is 0.527. The van der Waals surface area contributed by atoms with E-state index in [1.54, 1.807) is 4.90 Å². The lowest BCUT2D eigenvalue weighted by atomic mass is 9.84. The average Bonchev–Trinajstić information content (AvgIpc) is 2.28. The van der Waals surface area contributed by atoms with Crippen LogP contribution in [0.5, 0.6) is 0 Å². The number of ether oxygens (including phenoxy) is 1. The molecule has 1 saturated heterocycles. The standard InChI is InChI=1S/C12H18N2O2/c1-14(10-5-3-2-4-6-10)11(15)12(7-13)8-16-9-12/h10H,2-6,8-9H2,1H3. The molecule has 0 unspecified atom stereocenters. The molecule has 0 aromatic heterocycles. The molecule has 0 aromatic rings. The number of nitriles is 1. The Bertz CT molecular complexity index is 311. The van der Waals surface area contributed by atoms with Gasteiger partial charge < -0.3 is 9.64 Å². The number of rotatable bonds is 2. The molecule has 0 atom stereocenters. The Kier molecular flexibility index (Phi) is 3.15. The fourth-order valence-electron chi connectivity index (χ4n) is 2.51. The number of amides is 1. The minimum Gasteiger partial charge on any atom is -0.377 e. The van der Waals surface area contributed by atoms with Gasteiger partial charge in [-0.2, -0.15) is 5.26 Å². The molecule has 1 aliphatic heterocycles. The van der Waals surface area contributed by atoms with Crippen molar-refractivity contribution in [3.63, 3.8) is 0 Å². The fourth-order valence-corrected chi connectivity index (χ4v) is 2.51. The second-order valence-electron chi connectivity index (χ2n) is 4.89. The predicted octanol–water partition coefficient (Wildman–Crippen LogP) is 1.32. The van der Waals surface area contributed by atoms with E-state index in [1.165, 1.54) is 19.3 Å². The lowest BCUT2D eigenvalue weighted by Crippen LogP contribution is -2.55. The average molecular weight is 222 g/mol. The maximum Gasteiger partial charge on any atom is 0.247 e. The van der Waals surface area contributed by atoms with Gasteiger partial charge >= 0.3 is 0 Å². The number of hydrogen-bond acceptors (Lipinski definition) is 3. The largest absolute Gasteiger partial charge is 0.377 e. The smallest absolute Gasteiger partial charge is 0.247 e. The van der Waals surface area contributed by atoms with Gasteiger partial charge in [-0.05, 0) is 12.8 Å². The molecular weight excluding hydrogens is 204 g/mol. The van der Waals surface area contributed by atoms with Gasteiger partial charge in [0.1, 0.15) is 0 Å². The molecule has 1 amide bonds. The summed E-state index contributed by atoms with van der Waals surface area (Å²) in [6, 6.07) is 2.44. The van der Waals surface area contributed by atoms with Gasteiger partial charge in [-0.15, -0.1) is 0 Å². The molecule has 2 fully saturated rings. The Hall–Kier alpha value is -1.08. The quantitative estimate of drug-likeness (QED) is 0.708. The van der Waals surface area contributed by atoms with Crippen LogP contribution in [0, 0.1) is 16.7 Å². The van der Waals surface area contributed by atoms with Crippen LogP contribution in [0.25, 0.3) is 0 Å². The fraction of sp³-hybridized carbons (Fsp3) is 0.833. The molecule has 2 aliphatic rings. The van der Waals surface area contributed by atoms with Gasteiger partial charge in [-0.1, -0.05) is 19.3 Å². The van der Waals surface area contributed by atoms with Crippen LogP contribution in [0.15, 0.2) is 0 Å². The summed E-state index contributed by atoms with van der Waals surface area (Å²) in [4.78, 5) is 14.0. The van der Waals surface area contributed by atoms with Crippen LogP contribution in [0.3, 0.4) is 0 Å². The zero-order valence-electron chi connectivity index (χ0n) is 9.74. The van der Waals surface area contributed by atoms with Crippen LogP contribution < -0.4 is 0 Å². The summed E-state index contributed by atoms with van der Waals surface area (Å²) in [5.41, 5.74) is -0.883. The van der Waals surface area contributed by atoms with Crippen molar-refractivity contribution < 1.29 is 9.53 Å². The predicted molar refractivity (Wildman–Crippen MR) is 58.5 cm³/mol. The van der Waals surface area contributed by atoms with Crippen molar-refractivity contribution in [1.29, 1.82) is 5.26 Å².